The standard InChI is InChI=1S/C12H24N4O2S/c1-5-12(2,3)10-15-19(17,18)11-8-14-16(9-11)7-6-13-4/h8-9,13,15H,5-7,10H2,1-4H3. The van der Waals surface area contributed by atoms with Crippen LogP contribution in [0.5, 0.6) is 0 Å². The van der Waals surface area contributed by atoms with E-state index in [0.717, 1.165) is 13.0 Å². The molecule has 0 atom stereocenters. The molecule has 7 heteroatoms. The summed E-state index contributed by atoms with van der Waals surface area (Å²) in [6.07, 6.45) is 3.85. The van der Waals surface area contributed by atoms with Crippen molar-refractivity contribution in [2.45, 2.75) is 38.6 Å². The first-order chi connectivity index (χ1) is 8.80. The Morgan fingerprint density at radius 3 is 2.68 bits per heavy atom. The van der Waals surface area contributed by atoms with Crippen molar-refractivity contribution in [3.63, 3.8) is 0 Å². The van der Waals surface area contributed by atoms with Crippen LogP contribution in [0.2, 0.25) is 0 Å². The van der Waals surface area contributed by atoms with Crippen LogP contribution < -0.4 is 10.0 Å². The summed E-state index contributed by atoms with van der Waals surface area (Å²) in [5.41, 5.74) is -0.0464. The summed E-state index contributed by atoms with van der Waals surface area (Å²) in [4.78, 5) is 0.218. The number of nitrogens with one attached hydrogen (secondary N) is 2. The fourth-order valence-electron chi connectivity index (χ4n) is 1.33. The van der Waals surface area contributed by atoms with Gasteiger partial charge in [-0.25, -0.2) is 13.1 Å². The van der Waals surface area contributed by atoms with Gasteiger partial charge in [-0.2, -0.15) is 5.10 Å². The van der Waals surface area contributed by atoms with E-state index in [0.29, 0.717) is 13.1 Å². The van der Waals surface area contributed by atoms with Crippen molar-refractivity contribution in [2.24, 2.45) is 5.41 Å². The van der Waals surface area contributed by atoms with Gasteiger partial charge in [0.1, 0.15) is 4.90 Å². The molecule has 19 heavy (non-hydrogen) atoms. The molecule has 1 aromatic rings. The summed E-state index contributed by atoms with van der Waals surface area (Å²) < 4.78 is 28.5. The average Bonchev–Trinajstić information content (AvgIpc) is 2.84. The molecular formula is C12H24N4O2S. The van der Waals surface area contributed by atoms with Gasteiger partial charge in [0, 0.05) is 19.3 Å². The molecule has 0 saturated heterocycles. The van der Waals surface area contributed by atoms with E-state index in [9.17, 15) is 8.42 Å². The molecule has 0 amide bonds. The molecular weight excluding hydrogens is 264 g/mol. The highest BCUT2D eigenvalue weighted by Crippen LogP contribution is 2.19. The van der Waals surface area contributed by atoms with Crippen LogP contribution >= 0.6 is 0 Å². The van der Waals surface area contributed by atoms with Gasteiger partial charge in [-0.15, -0.1) is 0 Å². The van der Waals surface area contributed by atoms with Gasteiger partial charge in [-0.1, -0.05) is 20.8 Å². The van der Waals surface area contributed by atoms with E-state index in [1.165, 1.54) is 6.20 Å². The number of aromatic nitrogens is 2. The van der Waals surface area contributed by atoms with E-state index in [-0.39, 0.29) is 10.3 Å². The quantitative estimate of drug-likeness (QED) is 0.742. The van der Waals surface area contributed by atoms with Crippen molar-refractivity contribution in [1.29, 1.82) is 0 Å². The Labute approximate surface area is 115 Å². The van der Waals surface area contributed by atoms with Crippen LogP contribution in [0.4, 0.5) is 0 Å². The van der Waals surface area contributed by atoms with Gasteiger partial charge in [-0.05, 0) is 18.9 Å². The minimum atomic E-state index is -3.46. The van der Waals surface area contributed by atoms with Gasteiger partial charge in [0.2, 0.25) is 10.0 Å². The van der Waals surface area contributed by atoms with Crippen LogP contribution in [0, 0.1) is 5.41 Å². The van der Waals surface area contributed by atoms with Crippen molar-refractivity contribution in [3.05, 3.63) is 12.4 Å². The number of hydrogen-bond acceptors (Lipinski definition) is 4. The van der Waals surface area contributed by atoms with Crippen molar-refractivity contribution in [3.8, 4) is 0 Å². The van der Waals surface area contributed by atoms with E-state index in [2.05, 4.69) is 15.1 Å². The fourth-order valence-corrected chi connectivity index (χ4v) is 2.52. The monoisotopic (exact) mass is 288 g/mol. The Kier molecular flexibility index (Phi) is 5.51. The van der Waals surface area contributed by atoms with E-state index >= 15 is 0 Å². The smallest absolute Gasteiger partial charge is 0.243 e. The molecule has 2 N–H and O–H groups in total. The van der Waals surface area contributed by atoms with Gasteiger partial charge in [0.25, 0.3) is 0 Å². The lowest BCUT2D eigenvalue weighted by Crippen LogP contribution is -2.33. The van der Waals surface area contributed by atoms with Crippen molar-refractivity contribution >= 4 is 10.0 Å². The summed E-state index contributed by atoms with van der Waals surface area (Å²) in [7, 11) is -1.62. The first-order valence-electron chi connectivity index (χ1n) is 6.47. The summed E-state index contributed by atoms with van der Waals surface area (Å²) in [5, 5.41) is 7.03. The Morgan fingerprint density at radius 1 is 1.42 bits per heavy atom. The first kappa shape index (κ1) is 16.1. The van der Waals surface area contributed by atoms with Gasteiger partial charge in [0.05, 0.1) is 12.7 Å². The predicted octanol–water partition coefficient (Wildman–Crippen LogP) is 0.817. The highest BCUT2D eigenvalue weighted by atomic mass is 32.2. The Balaban J connectivity index is 2.69. The topological polar surface area (TPSA) is 76.0 Å². The number of sulfonamides is 1. The third-order valence-corrected chi connectivity index (χ3v) is 4.56. The fraction of sp³-hybridized carbons (Fsp3) is 0.750. The summed E-state index contributed by atoms with van der Waals surface area (Å²) in [6, 6.07) is 0. The van der Waals surface area contributed by atoms with Crippen LogP contribution in [0.15, 0.2) is 17.3 Å². The second-order valence-electron chi connectivity index (χ2n) is 5.38. The summed E-state index contributed by atoms with van der Waals surface area (Å²) in [6.45, 7) is 7.93. The lowest BCUT2D eigenvalue weighted by molar-refractivity contribution is 0.350. The zero-order valence-corrected chi connectivity index (χ0v) is 12.9. The Bertz CT molecular complexity index is 494. The zero-order valence-electron chi connectivity index (χ0n) is 12.1. The summed E-state index contributed by atoms with van der Waals surface area (Å²) in [5.74, 6) is 0. The van der Waals surface area contributed by atoms with Crippen LogP contribution in [0.3, 0.4) is 0 Å². The highest BCUT2D eigenvalue weighted by molar-refractivity contribution is 7.89. The molecule has 1 aromatic heterocycles. The van der Waals surface area contributed by atoms with Gasteiger partial charge in [0.15, 0.2) is 0 Å². The molecule has 0 unspecified atom stereocenters. The predicted molar refractivity (Wildman–Crippen MR) is 75.4 cm³/mol. The lowest BCUT2D eigenvalue weighted by Gasteiger charge is -2.22. The minimum absolute atomic E-state index is 0.0464. The molecule has 1 rings (SSSR count). The van der Waals surface area contributed by atoms with Crippen LogP contribution in [-0.2, 0) is 16.6 Å². The third-order valence-electron chi connectivity index (χ3n) is 3.21. The molecule has 0 aliphatic rings. The first-order valence-corrected chi connectivity index (χ1v) is 7.96. The van der Waals surface area contributed by atoms with Gasteiger partial charge >= 0.3 is 0 Å². The number of hydrogen-bond donors (Lipinski definition) is 2. The molecule has 0 aliphatic heterocycles. The van der Waals surface area contributed by atoms with Crippen molar-refractivity contribution in [1.82, 2.24) is 19.8 Å². The van der Waals surface area contributed by atoms with Crippen molar-refractivity contribution in [2.75, 3.05) is 20.1 Å². The lowest BCUT2D eigenvalue weighted by atomic mass is 9.91. The molecule has 6 nitrogen and oxygen atoms in total. The molecule has 1 heterocycles. The number of rotatable bonds is 8. The van der Waals surface area contributed by atoms with E-state index in [1.54, 1.807) is 10.9 Å². The number of likely N-dealkylation sites (N-methyl/N-ethyl adjacent to an activating group) is 1. The summed E-state index contributed by atoms with van der Waals surface area (Å²) >= 11 is 0. The zero-order chi connectivity index (χ0) is 14.5. The molecule has 0 bridgehead atoms. The second kappa shape index (κ2) is 6.49. The maximum atomic E-state index is 12.1. The maximum Gasteiger partial charge on any atom is 0.243 e. The highest BCUT2D eigenvalue weighted by Gasteiger charge is 2.21. The molecule has 0 radical (unpaired) electrons. The molecule has 0 fully saturated rings. The molecule has 110 valence electrons. The van der Waals surface area contributed by atoms with Crippen LogP contribution in [0.1, 0.15) is 27.2 Å². The van der Waals surface area contributed by atoms with Gasteiger partial charge in [-0.3, -0.25) is 4.68 Å². The molecule has 0 saturated carbocycles. The van der Waals surface area contributed by atoms with Crippen LogP contribution in [0.25, 0.3) is 0 Å². The molecule has 0 aromatic carbocycles. The van der Waals surface area contributed by atoms with Gasteiger partial charge < -0.3 is 5.32 Å². The average molecular weight is 288 g/mol. The van der Waals surface area contributed by atoms with E-state index in [4.69, 9.17) is 0 Å². The molecule has 0 spiro atoms. The van der Waals surface area contributed by atoms with Crippen molar-refractivity contribution < 1.29 is 8.42 Å². The largest absolute Gasteiger partial charge is 0.318 e. The second-order valence-corrected chi connectivity index (χ2v) is 7.15. The minimum Gasteiger partial charge on any atom is -0.318 e. The third kappa shape index (κ3) is 4.93. The SMILES string of the molecule is CCC(C)(C)CNS(=O)(=O)c1cnn(CCNC)c1. The maximum absolute atomic E-state index is 12.1. The normalized spacial score (nSPS) is 12.8. The van der Waals surface area contributed by atoms with E-state index in [1.807, 2.05) is 27.8 Å². The Morgan fingerprint density at radius 2 is 2.11 bits per heavy atom. The number of nitrogens with zero attached hydrogens (tertiary/aromatic N) is 2. The molecule has 0 aliphatic carbocycles. The van der Waals surface area contributed by atoms with Crippen LogP contribution in [-0.4, -0.2) is 38.3 Å². The Hall–Kier alpha value is -0.920. The van der Waals surface area contributed by atoms with E-state index < -0.39 is 10.0 Å².